The van der Waals surface area contributed by atoms with Gasteiger partial charge < -0.3 is 20.1 Å². The highest BCUT2D eigenvalue weighted by atomic mass is 79.9. The second kappa shape index (κ2) is 7.35. The molecule has 2 aromatic carbocycles. The molecule has 0 spiro atoms. The van der Waals surface area contributed by atoms with Crippen molar-refractivity contribution in [1.82, 2.24) is 5.32 Å². The second-order valence-corrected chi connectivity index (χ2v) is 5.96. The number of halogens is 1. The van der Waals surface area contributed by atoms with Crippen molar-refractivity contribution in [3.8, 4) is 11.5 Å². The van der Waals surface area contributed by atoms with E-state index in [-0.39, 0.29) is 19.1 Å². The van der Waals surface area contributed by atoms with Gasteiger partial charge in [0.15, 0.2) is 11.5 Å². The summed E-state index contributed by atoms with van der Waals surface area (Å²) in [5.74, 6) is 0.397. The highest BCUT2D eigenvalue weighted by Gasteiger charge is 2.27. The molecule has 0 saturated carbocycles. The van der Waals surface area contributed by atoms with Gasteiger partial charge in [0.05, 0.1) is 12.2 Å². The SMILES string of the molecule is O=C(CNC(=O)C1COc2ccccc2O1)Nc1ccccc1Br. The van der Waals surface area contributed by atoms with Crippen LogP contribution in [0.25, 0.3) is 0 Å². The molecule has 1 atom stereocenters. The molecule has 24 heavy (non-hydrogen) atoms. The number of benzene rings is 2. The molecule has 0 bridgehead atoms. The molecule has 124 valence electrons. The Hall–Kier alpha value is -2.54. The van der Waals surface area contributed by atoms with Crippen molar-refractivity contribution < 1.29 is 19.1 Å². The molecule has 3 rings (SSSR count). The van der Waals surface area contributed by atoms with Gasteiger partial charge in [-0.1, -0.05) is 24.3 Å². The first-order chi connectivity index (χ1) is 11.6. The molecule has 0 fully saturated rings. The normalized spacial score (nSPS) is 15.5. The van der Waals surface area contributed by atoms with Crippen LogP contribution < -0.4 is 20.1 Å². The first kappa shape index (κ1) is 16.3. The van der Waals surface area contributed by atoms with Crippen molar-refractivity contribution in [2.45, 2.75) is 6.10 Å². The third kappa shape index (κ3) is 3.86. The van der Waals surface area contributed by atoms with Crippen LogP contribution in [0.5, 0.6) is 11.5 Å². The second-order valence-electron chi connectivity index (χ2n) is 5.11. The van der Waals surface area contributed by atoms with Gasteiger partial charge in [-0.2, -0.15) is 0 Å². The summed E-state index contributed by atoms with van der Waals surface area (Å²) in [7, 11) is 0. The molecule has 1 aliphatic rings. The summed E-state index contributed by atoms with van der Waals surface area (Å²) < 4.78 is 11.8. The molecular formula is C17H15BrN2O4. The lowest BCUT2D eigenvalue weighted by atomic mass is 10.2. The van der Waals surface area contributed by atoms with Crippen molar-refractivity contribution in [2.24, 2.45) is 0 Å². The number of carbonyl (C=O) groups excluding carboxylic acids is 2. The molecule has 2 amide bonds. The number of amides is 2. The van der Waals surface area contributed by atoms with E-state index in [1.54, 1.807) is 24.3 Å². The fraction of sp³-hybridized carbons (Fsp3) is 0.176. The molecule has 1 aliphatic heterocycles. The quantitative estimate of drug-likeness (QED) is 0.839. The fourth-order valence-electron chi connectivity index (χ4n) is 2.19. The number of carbonyl (C=O) groups is 2. The van der Waals surface area contributed by atoms with Crippen molar-refractivity contribution in [3.63, 3.8) is 0 Å². The topological polar surface area (TPSA) is 76.7 Å². The van der Waals surface area contributed by atoms with E-state index in [1.165, 1.54) is 0 Å². The summed E-state index contributed by atoms with van der Waals surface area (Å²) in [6, 6.07) is 14.4. The van der Waals surface area contributed by atoms with Gasteiger partial charge in [-0.05, 0) is 40.2 Å². The van der Waals surface area contributed by atoms with Crippen LogP contribution in [-0.2, 0) is 9.59 Å². The third-order valence-electron chi connectivity index (χ3n) is 3.37. The van der Waals surface area contributed by atoms with Gasteiger partial charge in [-0.15, -0.1) is 0 Å². The van der Waals surface area contributed by atoms with Crippen LogP contribution in [0.3, 0.4) is 0 Å². The van der Waals surface area contributed by atoms with Crippen LogP contribution in [0.2, 0.25) is 0 Å². The molecule has 0 radical (unpaired) electrons. The summed E-state index contributed by atoms with van der Waals surface area (Å²) in [6.45, 7) is -0.0453. The number of anilines is 1. The number of nitrogens with one attached hydrogen (secondary N) is 2. The summed E-state index contributed by atoms with van der Waals surface area (Å²) in [6.07, 6.45) is -0.781. The van der Waals surface area contributed by atoms with E-state index in [0.29, 0.717) is 17.2 Å². The molecule has 2 N–H and O–H groups in total. The maximum Gasteiger partial charge on any atom is 0.265 e. The van der Waals surface area contributed by atoms with E-state index in [9.17, 15) is 9.59 Å². The number of hydrogen-bond acceptors (Lipinski definition) is 4. The van der Waals surface area contributed by atoms with E-state index in [1.807, 2.05) is 24.3 Å². The van der Waals surface area contributed by atoms with E-state index in [4.69, 9.17) is 9.47 Å². The molecule has 1 heterocycles. The van der Waals surface area contributed by atoms with Crippen molar-refractivity contribution in [3.05, 3.63) is 53.0 Å². The Balaban J connectivity index is 1.51. The van der Waals surface area contributed by atoms with Gasteiger partial charge in [-0.3, -0.25) is 9.59 Å². The molecule has 1 unspecified atom stereocenters. The zero-order valence-electron chi connectivity index (χ0n) is 12.6. The minimum absolute atomic E-state index is 0.106. The van der Waals surface area contributed by atoms with Crippen LogP contribution in [0.1, 0.15) is 0 Å². The Bertz CT molecular complexity index is 766. The highest BCUT2D eigenvalue weighted by molar-refractivity contribution is 9.10. The predicted molar refractivity (Wildman–Crippen MR) is 92.1 cm³/mol. The Morgan fingerprint density at radius 2 is 1.79 bits per heavy atom. The lowest BCUT2D eigenvalue weighted by molar-refractivity contribution is -0.131. The van der Waals surface area contributed by atoms with E-state index >= 15 is 0 Å². The van der Waals surface area contributed by atoms with Crippen LogP contribution in [-0.4, -0.2) is 31.1 Å². The molecule has 0 aromatic heterocycles. The molecule has 0 aliphatic carbocycles. The lowest BCUT2D eigenvalue weighted by Crippen LogP contribution is -2.46. The fourth-order valence-corrected chi connectivity index (χ4v) is 2.57. The molecule has 6 nitrogen and oxygen atoms in total. The maximum absolute atomic E-state index is 12.1. The number of fused-ring (bicyclic) bond motifs is 1. The summed E-state index contributed by atoms with van der Waals surface area (Å²) in [5, 5.41) is 5.26. The number of hydrogen-bond donors (Lipinski definition) is 2. The van der Waals surface area contributed by atoms with Crippen molar-refractivity contribution >= 4 is 33.4 Å². The number of ether oxygens (including phenoxy) is 2. The third-order valence-corrected chi connectivity index (χ3v) is 4.06. The summed E-state index contributed by atoms with van der Waals surface area (Å²) >= 11 is 3.34. The zero-order chi connectivity index (χ0) is 16.9. The van der Waals surface area contributed by atoms with Gasteiger partial charge in [0, 0.05) is 4.47 Å². The Labute approximate surface area is 147 Å². The zero-order valence-corrected chi connectivity index (χ0v) is 14.2. The molecule has 7 heteroatoms. The van der Waals surface area contributed by atoms with Crippen LogP contribution in [0, 0.1) is 0 Å². The predicted octanol–water partition coefficient (Wildman–Crippen LogP) is 2.34. The first-order valence-electron chi connectivity index (χ1n) is 7.34. The van der Waals surface area contributed by atoms with Crippen molar-refractivity contribution in [1.29, 1.82) is 0 Å². The van der Waals surface area contributed by atoms with E-state index in [2.05, 4.69) is 26.6 Å². The molecule has 0 saturated heterocycles. The maximum atomic E-state index is 12.1. The van der Waals surface area contributed by atoms with Crippen molar-refractivity contribution in [2.75, 3.05) is 18.5 Å². The Kier molecular flexibility index (Phi) is 5.00. The minimum Gasteiger partial charge on any atom is -0.485 e. The Morgan fingerprint density at radius 1 is 1.08 bits per heavy atom. The van der Waals surface area contributed by atoms with Gasteiger partial charge >= 0.3 is 0 Å². The molecule has 2 aromatic rings. The van der Waals surface area contributed by atoms with Crippen LogP contribution in [0.15, 0.2) is 53.0 Å². The minimum atomic E-state index is -0.781. The van der Waals surface area contributed by atoms with Crippen LogP contribution >= 0.6 is 15.9 Å². The van der Waals surface area contributed by atoms with Crippen LogP contribution in [0.4, 0.5) is 5.69 Å². The van der Waals surface area contributed by atoms with E-state index in [0.717, 1.165) is 4.47 Å². The van der Waals surface area contributed by atoms with Gasteiger partial charge in [-0.25, -0.2) is 0 Å². The lowest BCUT2D eigenvalue weighted by Gasteiger charge is -2.25. The first-order valence-corrected chi connectivity index (χ1v) is 8.13. The Morgan fingerprint density at radius 3 is 2.58 bits per heavy atom. The van der Waals surface area contributed by atoms with E-state index < -0.39 is 12.0 Å². The highest BCUT2D eigenvalue weighted by Crippen LogP contribution is 2.30. The number of para-hydroxylation sites is 3. The average Bonchev–Trinajstić information content (AvgIpc) is 2.61. The summed E-state index contributed by atoms with van der Waals surface area (Å²) in [4.78, 5) is 24.1. The average molecular weight is 391 g/mol. The number of rotatable bonds is 4. The van der Waals surface area contributed by atoms with Gasteiger partial charge in [0.1, 0.15) is 6.61 Å². The molecular weight excluding hydrogens is 376 g/mol. The standard InChI is InChI=1S/C17H15BrN2O4/c18-11-5-1-2-6-12(11)20-16(21)9-19-17(22)15-10-23-13-7-3-4-8-14(13)24-15/h1-8,15H,9-10H2,(H,19,22)(H,20,21). The summed E-state index contributed by atoms with van der Waals surface area (Å²) in [5.41, 5.74) is 0.642. The monoisotopic (exact) mass is 390 g/mol. The van der Waals surface area contributed by atoms with Gasteiger partial charge in [0.25, 0.3) is 5.91 Å². The van der Waals surface area contributed by atoms with Gasteiger partial charge in [0.2, 0.25) is 12.0 Å². The largest absolute Gasteiger partial charge is 0.485 e. The smallest absolute Gasteiger partial charge is 0.265 e.